The average Bonchev–Trinajstić information content (AvgIpc) is 2.30. The molecule has 17 heavy (non-hydrogen) atoms. The SMILES string of the molecule is NNc1c(Cl)nc(Cl)nc1NC1CCCCO1. The van der Waals surface area contributed by atoms with E-state index >= 15 is 0 Å². The van der Waals surface area contributed by atoms with Gasteiger partial charge in [0, 0.05) is 6.61 Å². The first-order valence-electron chi connectivity index (χ1n) is 5.28. The van der Waals surface area contributed by atoms with Crippen LogP contribution < -0.4 is 16.6 Å². The maximum absolute atomic E-state index is 5.89. The van der Waals surface area contributed by atoms with Crippen LogP contribution in [0.1, 0.15) is 19.3 Å². The van der Waals surface area contributed by atoms with E-state index < -0.39 is 0 Å². The van der Waals surface area contributed by atoms with E-state index in [4.69, 9.17) is 33.8 Å². The molecule has 2 heterocycles. The quantitative estimate of drug-likeness (QED) is 0.339. The van der Waals surface area contributed by atoms with Crippen molar-refractivity contribution in [3.63, 3.8) is 0 Å². The number of ether oxygens (including phenoxy) is 1. The number of anilines is 2. The van der Waals surface area contributed by atoms with Gasteiger partial charge in [0.05, 0.1) is 0 Å². The molecule has 1 aromatic heterocycles. The van der Waals surface area contributed by atoms with Gasteiger partial charge in [0.25, 0.3) is 0 Å². The number of hydrazine groups is 1. The third kappa shape index (κ3) is 3.10. The van der Waals surface area contributed by atoms with Crippen LogP contribution in [0.15, 0.2) is 0 Å². The molecular weight excluding hydrogens is 265 g/mol. The topological polar surface area (TPSA) is 85.1 Å². The van der Waals surface area contributed by atoms with Crippen molar-refractivity contribution < 1.29 is 4.74 Å². The fourth-order valence-corrected chi connectivity index (χ4v) is 2.08. The van der Waals surface area contributed by atoms with Gasteiger partial charge in [0.2, 0.25) is 5.28 Å². The van der Waals surface area contributed by atoms with Gasteiger partial charge in [-0.1, -0.05) is 11.6 Å². The smallest absolute Gasteiger partial charge is 0.225 e. The summed E-state index contributed by atoms with van der Waals surface area (Å²) in [6.45, 7) is 0.732. The minimum Gasteiger partial charge on any atom is -0.359 e. The third-order valence-corrected chi connectivity index (χ3v) is 2.90. The van der Waals surface area contributed by atoms with Gasteiger partial charge in [0.15, 0.2) is 11.0 Å². The van der Waals surface area contributed by atoms with E-state index in [1.165, 1.54) is 0 Å². The molecule has 0 spiro atoms. The highest BCUT2D eigenvalue weighted by Crippen LogP contribution is 2.29. The zero-order valence-corrected chi connectivity index (χ0v) is 10.6. The highest BCUT2D eigenvalue weighted by molar-refractivity contribution is 6.34. The van der Waals surface area contributed by atoms with Gasteiger partial charge >= 0.3 is 0 Å². The molecule has 0 amide bonds. The molecule has 1 unspecified atom stereocenters. The van der Waals surface area contributed by atoms with Gasteiger partial charge < -0.3 is 15.5 Å². The van der Waals surface area contributed by atoms with Crippen LogP contribution >= 0.6 is 23.2 Å². The standard InChI is InChI=1S/C9H13Cl2N5O/c10-7-6(16-12)8(15-9(11)14-7)13-5-3-1-2-4-17-5/h5,16H,1-4,12H2,(H,13,14,15). The van der Waals surface area contributed by atoms with Crippen LogP contribution in [-0.4, -0.2) is 22.8 Å². The number of hydrogen-bond acceptors (Lipinski definition) is 6. The van der Waals surface area contributed by atoms with Crippen molar-refractivity contribution >= 4 is 34.7 Å². The summed E-state index contributed by atoms with van der Waals surface area (Å²) in [6, 6.07) is 0. The monoisotopic (exact) mass is 277 g/mol. The fourth-order valence-electron chi connectivity index (χ4n) is 1.65. The summed E-state index contributed by atoms with van der Waals surface area (Å²) < 4.78 is 5.53. The first kappa shape index (κ1) is 12.6. The van der Waals surface area contributed by atoms with Crippen molar-refractivity contribution in [1.82, 2.24) is 9.97 Å². The summed E-state index contributed by atoms with van der Waals surface area (Å²) in [5, 5.41) is 3.33. The molecule has 1 aliphatic rings. The first-order chi connectivity index (χ1) is 8.20. The lowest BCUT2D eigenvalue weighted by molar-refractivity contribution is 0.0341. The number of rotatable bonds is 3. The molecule has 1 aliphatic heterocycles. The Bertz CT molecular complexity index is 397. The predicted octanol–water partition coefficient (Wildman–Crippen LogP) is 2.01. The van der Waals surface area contributed by atoms with Gasteiger partial charge in [-0.25, -0.2) is 4.98 Å². The number of hydrogen-bond donors (Lipinski definition) is 3. The molecule has 1 atom stereocenters. The molecule has 4 N–H and O–H groups in total. The normalized spacial score (nSPS) is 20.1. The summed E-state index contributed by atoms with van der Waals surface area (Å²) in [5.74, 6) is 5.82. The second kappa shape index (κ2) is 5.68. The summed E-state index contributed by atoms with van der Waals surface area (Å²) in [6.07, 6.45) is 2.99. The van der Waals surface area contributed by atoms with E-state index in [1.807, 2.05) is 0 Å². The van der Waals surface area contributed by atoms with E-state index in [9.17, 15) is 0 Å². The predicted molar refractivity (Wildman–Crippen MR) is 67.1 cm³/mol. The molecule has 0 bridgehead atoms. The third-order valence-electron chi connectivity index (χ3n) is 2.46. The van der Waals surface area contributed by atoms with Crippen molar-refractivity contribution in [1.29, 1.82) is 0 Å². The van der Waals surface area contributed by atoms with Crippen molar-refractivity contribution in [3.05, 3.63) is 10.4 Å². The summed E-state index contributed by atoms with van der Waals surface area (Å²) in [4.78, 5) is 7.83. The van der Waals surface area contributed by atoms with E-state index in [2.05, 4.69) is 20.7 Å². The van der Waals surface area contributed by atoms with Gasteiger partial charge in [-0.05, 0) is 30.9 Å². The van der Waals surface area contributed by atoms with E-state index in [1.54, 1.807) is 0 Å². The minimum absolute atomic E-state index is 0.0623. The molecule has 1 aromatic rings. The van der Waals surface area contributed by atoms with Crippen LogP contribution in [0.25, 0.3) is 0 Å². The van der Waals surface area contributed by atoms with E-state index in [0.29, 0.717) is 11.5 Å². The molecular formula is C9H13Cl2N5O. The molecule has 2 rings (SSSR count). The van der Waals surface area contributed by atoms with Crippen molar-refractivity contribution in [2.45, 2.75) is 25.5 Å². The lowest BCUT2D eigenvalue weighted by Gasteiger charge is -2.24. The molecule has 0 aliphatic carbocycles. The van der Waals surface area contributed by atoms with Crippen molar-refractivity contribution in [3.8, 4) is 0 Å². The van der Waals surface area contributed by atoms with Crippen LogP contribution in [0.2, 0.25) is 10.4 Å². The Morgan fingerprint density at radius 1 is 1.29 bits per heavy atom. The second-order valence-corrected chi connectivity index (χ2v) is 4.35. The summed E-state index contributed by atoms with van der Waals surface area (Å²) >= 11 is 11.6. The number of aromatic nitrogens is 2. The highest BCUT2D eigenvalue weighted by Gasteiger charge is 2.18. The van der Waals surface area contributed by atoms with Crippen molar-refractivity contribution in [2.24, 2.45) is 5.84 Å². The maximum Gasteiger partial charge on any atom is 0.225 e. The Hall–Kier alpha value is -0.820. The Morgan fingerprint density at radius 3 is 2.76 bits per heavy atom. The van der Waals surface area contributed by atoms with Gasteiger partial charge in [-0.15, -0.1) is 0 Å². The Labute approximate surface area is 109 Å². The zero-order chi connectivity index (χ0) is 12.3. The van der Waals surface area contributed by atoms with Crippen LogP contribution in [0.3, 0.4) is 0 Å². The van der Waals surface area contributed by atoms with E-state index in [0.717, 1.165) is 25.9 Å². The van der Waals surface area contributed by atoms with Crippen molar-refractivity contribution in [2.75, 3.05) is 17.3 Å². The average molecular weight is 278 g/mol. The Balaban J connectivity index is 2.18. The minimum atomic E-state index is -0.0992. The molecule has 0 aromatic carbocycles. The zero-order valence-electron chi connectivity index (χ0n) is 9.04. The molecule has 94 valence electrons. The van der Waals surface area contributed by atoms with Crippen LogP contribution in [0, 0.1) is 0 Å². The van der Waals surface area contributed by atoms with Crippen LogP contribution in [0.4, 0.5) is 11.5 Å². The molecule has 0 radical (unpaired) electrons. The first-order valence-corrected chi connectivity index (χ1v) is 6.04. The fraction of sp³-hybridized carbons (Fsp3) is 0.556. The second-order valence-electron chi connectivity index (χ2n) is 3.65. The number of nitrogens with two attached hydrogens (primary N) is 1. The lowest BCUT2D eigenvalue weighted by atomic mass is 10.2. The lowest BCUT2D eigenvalue weighted by Crippen LogP contribution is -2.28. The number of halogens is 2. The summed E-state index contributed by atoms with van der Waals surface area (Å²) in [5.41, 5.74) is 2.85. The largest absolute Gasteiger partial charge is 0.359 e. The highest BCUT2D eigenvalue weighted by atomic mass is 35.5. The molecule has 1 saturated heterocycles. The number of nitrogens with zero attached hydrogens (tertiary/aromatic N) is 2. The molecule has 0 saturated carbocycles. The van der Waals surface area contributed by atoms with Gasteiger partial charge in [-0.3, -0.25) is 5.84 Å². The summed E-state index contributed by atoms with van der Waals surface area (Å²) in [7, 11) is 0. The Morgan fingerprint density at radius 2 is 2.12 bits per heavy atom. The number of nitrogens with one attached hydrogen (secondary N) is 2. The molecule has 6 nitrogen and oxygen atoms in total. The van der Waals surface area contributed by atoms with Crippen LogP contribution in [-0.2, 0) is 4.74 Å². The Kier molecular flexibility index (Phi) is 4.22. The van der Waals surface area contributed by atoms with Crippen LogP contribution in [0.5, 0.6) is 0 Å². The number of nitrogen functional groups attached to an aromatic ring is 1. The maximum atomic E-state index is 5.89. The molecule has 1 fully saturated rings. The van der Waals surface area contributed by atoms with E-state index in [-0.39, 0.29) is 16.7 Å². The molecule has 8 heteroatoms. The van der Waals surface area contributed by atoms with Gasteiger partial charge in [0.1, 0.15) is 11.9 Å². The van der Waals surface area contributed by atoms with Gasteiger partial charge in [-0.2, -0.15) is 4.98 Å².